The van der Waals surface area contributed by atoms with Gasteiger partial charge in [-0.15, -0.1) is 11.6 Å². The minimum absolute atomic E-state index is 0.142. The Morgan fingerprint density at radius 2 is 2.00 bits per heavy atom. The number of nitrogens with zero attached hydrogens (tertiary/aromatic N) is 1. The zero-order valence-corrected chi connectivity index (χ0v) is 9.61. The van der Waals surface area contributed by atoms with Crippen LogP contribution in [0.2, 0.25) is 0 Å². The molecule has 0 bridgehead atoms. The molecule has 0 aromatic rings. The molecule has 1 amide bonds. The van der Waals surface area contributed by atoms with E-state index in [2.05, 4.69) is 6.92 Å². The highest BCUT2D eigenvalue weighted by atomic mass is 35.5. The topological polar surface area (TPSA) is 29.5 Å². The van der Waals surface area contributed by atoms with Crippen LogP contribution in [0.4, 0.5) is 0 Å². The highest BCUT2D eigenvalue weighted by molar-refractivity contribution is 6.21. The number of carbonyl (C=O) groups is 1. The van der Waals surface area contributed by atoms with E-state index < -0.39 is 0 Å². The molecular formula is C11H16ClNO2. The second-order valence-corrected chi connectivity index (χ2v) is 5.69. The van der Waals surface area contributed by atoms with Crippen molar-refractivity contribution in [3.8, 4) is 0 Å². The lowest BCUT2D eigenvalue weighted by Crippen LogP contribution is -2.32. The van der Waals surface area contributed by atoms with Gasteiger partial charge in [0.1, 0.15) is 0 Å². The van der Waals surface area contributed by atoms with Gasteiger partial charge in [-0.1, -0.05) is 6.92 Å². The molecule has 0 N–H and O–H groups in total. The van der Waals surface area contributed by atoms with Crippen LogP contribution in [0.15, 0.2) is 0 Å². The van der Waals surface area contributed by atoms with Crippen LogP contribution in [0.5, 0.6) is 0 Å². The normalized spacial score (nSPS) is 48.1. The summed E-state index contributed by atoms with van der Waals surface area (Å²) in [6.45, 7) is 5.26. The van der Waals surface area contributed by atoms with Crippen molar-refractivity contribution in [1.82, 2.24) is 4.90 Å². The number of rotatable bonds is 1. The molecule has 0 radical (unpaired) electrons. The van der Waals surface area contributed by atoms with Crippen molar-refractivity contribution < 1.29 is 9.53 Å². The lowest BCUT2D eigenvalue weighted by molar-refractivity contribution is -0.133. The maximum atomic E-state index is 12.1. The van der Waals surface area contributed by atoms with Gasteiger partial charge >= 0.3 is 0 Å². The highest BCUT2D eigenvalue weighted by Crippen LogP contribution is 2.51. The number of ether oxygens (including phenoxy) is 1. The predicted octanol–water partition coefficient (Wildman–Crippen LogP) is 0.964. The predicted molar refractivity (Wildman–Crippen MR) is 56.7 cm³/mol. The van der Waals surface area contributed by atoms with Gasteiger partial charge < -0.3 is 9.64 Å². The fraction of sp³-hybridized carbons (Fsp3) is 0.909. The summed E-state index contributed by atoms with van der Waals surface area (Å²) < 4.78 is 5.29. The summed E-state index contributed by atoms with van der Waals surface area (Å²) in [6.07, 6.45) is 0. The van der Waals surface area contributed by atoms with Crippen LogP contribution in [0, 0.1) is 23.7 Å². The lowest BCUT2D eigenvalue weighted by Gasteiger charge is -2.16. The smallest absolute Gasteiger partial charge is 0.226 e. The number of carbonyl (C=O) groups excluding carboxylic acids is 1. The number of hydrogen-bond acceptors (Lipinski definition) is 2. The first-order valence-electron chi connectivity index (χ1n) is 5.69. The van der Waals surface area contributed by atoms with E-state index in [1.165, 1.54) is 0 Å². The molecule has 3 rings (SSSR count). The number of hydrogen-bond donors (Lipinski definition) is 0. The van der Waals surface area contributed by atoms with Crippen molar-refractivity contribution in [3.05, 3.63) is 0 Å². The first kappa shape index (κ1) is 9.91. The van der Waals surface area contributed by atoms with Gasteiger partial charge in [0.25, 0.3) is 0 Å². The number of fused-ring (bicyclic) bond motifs is 1. The molecular weight excluding hydrogens is 214 g/mol. The molecule has 0 spiro atoms. The number of alkyl halides is 1. The summed E-state index contributed by atoms with van der Waals surface area (Å²) in [6, 6.07) is 0. The second-order valence-electron chi connectivity index (χ2n) is 5.13. The molecule has 0 aromatic heterocycles. The molecule has 3 nitrogen and oxygen atoms in total. The third-order valence-electron chi connectivity index (χ3n) is 4.07. The highest BCUT2D eigenvalue weighted by Gasteiger charge is 2.59. The third-order valence-corrected chi connectivity index (χ3v) is 4.64. The molecule has 2 heterocycles. The van der Waals surface area contributed by atoms with Crippen molar-refractivity contribution >= 4 is 17.5 Å². The Hall–Kier alpha value is -0.280. The molecule has 4 atom stereocenters. The van der Waals surface area contributed by atoms with E-state index in [1.807, 2.05) is 4.90 Å². The summed E-state index contributed by atoms with van der Waals surface area (Å²) in [7, 11) is 0. The van der Waals surface area contributed by atoms with Gasteiger partial charge in [-0.05, 0) is 17.8 Å². The molecule has 4 heteroatoms. The number of likely N-dealkylation sites (tertiary alicyclic amines) is 1. The zero-order chi connectivity index (χ0) is 10.6. The van der Waals surface area contributed by atoms with E-state index in [0.717, 1.165) is 26.3 Å². The Kier molecular flexibility index (Phi) is 2.22. The van der Waals surface area contributed by atoms with Crippen LogP contribution in [0.1, 0.15) is 6.92 Å². The maximum Gasteiger partial charge on any atom is 0.226 e. The number of amides is 1. The summed E-state index contributed by atoms with van der Waals surface area (Å²) in [5.74, 6) is 2.05. The van der Waals surface area contributed by atoms with E-state index in [4.69, 9.17) is 16.3 Å². The molecule has 4 unspecified atom stereocenters. The fourth-order valence-corrected chi connectivity index (χ4v) is 3.17. The van der Waals surface area contributed by atoms with Crippen LogP contribution < -0.4 is 0 Å². The van der Waals surface area contributed by atoms with Crippen LogP contribution in [0.25, 0.3) is 0 Å². The Morgan fingerprint density at radius 1 is 1.33 bits per heavy atom. The molecule has 1 aliphatic carbocycles. The Morgan fingerprint density at radius 3 is 2.53 bits per heavy atom. The van der Waals surface area contributed by atoms with Gasteiger partial charge in [0.05, 0.1) is 18.6 Å². The summed E-state index contributed by atoms with van der Waals surface area (Å²) >= 11 is 6.13. The standard InChI is InChI=1S/C11H16ClNO2/c1-6-2-13(3-9(6)12)11(14)10-7-4-15-5-8(7)10/h6-10H,2-5H2,1H3. The first-order chi connectivity index (χ1) is 7.18. The fourth-order valence-electron chi connectivity index (χ4n) is 2.92. The molecule has 2 saturated heterocycles. The minimum atomic E-state index is 0.142. The van der Waals surface area contributed by atoms with Crippen molar-refractivity contribution in [2.24, 2.45) is 23.7 Å². The Balaban J connectivity index is 1.62. The second kappa shape index (κ2) is 3.36. The molecule has 3 fully saturated rings. The first-order valence-corrected chi connectivity index (χ1v) is 6.12. The van der Waals surface area contributed by atoms with E-state index in [1.54, 1.807) is 0 Å². The Bertz CT molecular complexity index is 276. The van der Waals surface area contributed by atoms with Crippen molar-refractivity contribution in [2.45, 2.75) is 12.3 Å². The van der Waals surface area contributed by atoms with Crippen LogP contribution in [-0.2, 0) is 9.53 Å². The largest absolute Gasteiger partial charge is 0.381 e. The van der Waals surface area contributed by atoms with E-state index in [-0.39, 0.29) is 11.3 Å². The Labute approximate surface area is 94.7 Å². The third kappa shape index (κ3) is 1.48. The van der Waals surface area contributed by atoms with Gasteiger partial charge in [0, 0.05) is 19.0 Å². The molecule has 1 saturated carbocycles. The maximum absolute atomic E-state index is 12.1. The van der Waals surface area contributed by atoms with Gasteiger partial charge in [0.2, 0.25) is 5.91 Å². The van der Waals surface area contributed by atoms with Crippen LogP contribution in [0.3, 0.4) is 0 Å². The lowest BCUT2D eigenvalue weighted by atomic mass is 10.1. The van der Waals surface area contributed by atoms with Gasteiger partial charge in [-0.25, -0.2) is 0 Å². The van der Waals surface area contributed by atoms with Gasteiger partial charge in [-0.2, -0.15) is 0 Å². The van der Waals surface area contributed by atoms with E-state index in [0.29, 0.717) is 23.7 Å². The van der Waals surface area contributed by atoms with E-state index >= 15 is 0 Å². The SMILES string of the molecule is CC1CN(C(=O)C2C3COCC32)CC1Cl. The average Bonchev–Trinajstić information content (AvgIpc) is 2.59. The van der Waals surface area contributed by atoms with Crippen LogP contribution >= 0.6 is 11.6 Å². The van der Waals surface area contributed by atoms with Crippen molar-refractivity contribution in [2.75, 3.05) is 26.3 Å². The minimum Gasteiger partial charge on any atom is -0.381 e. The summed E-state index contributed by atoms with van der Waals surface area (Å²) in [5, 5.41) is 0.142. The molecule has 0 aromatic carbocycles. The molecule has 3 aliphatic rings. The zero-order valence-electron chi connectivity index (χ0n) is 8.86. The number of halogens is 1. The molecule has 15 heavy (non-hydrogen) atoms. The average molecular weight is 230 g/mol. The van der Waals surface area contributed by atoms with Crippen molar-refractivity contribution in [1.29, 1.82) is 0 Å². The van der Waals surface area contributed by atoms with Gasteiger partial charge in [-0.3, -0.25) is 4.79 Å². The van der Waals surface area contributed by atoms with E-state index in [9.17, 15) is 4.79 Å². The molecule has 84 valence electrons. The molecule has 2 aliphatic heterocycles. The summed E-state index contributed by atoms with van der Waals surface area (Å²) in [5.41, 5.74) is 0. The van der Waals surface area contributed by atoms with Gasteiger partial charge in [0.15, 0.2) is 0 Å². The summed E-state index contributed by atoms with van der Waals surface area (Å²) in [4.78, 5) is 14.1. The van der Waals surface area contributed by atoms with Crippen molar-refractivity contribution in [3.63, 3.8) is 0 Å². The van der Waals surface area contributed by atoms with Crippen LogP contribution in [-0.4, -0.2) is 42.5 Å². The quantitative estimate of drug-likeness (QED) is 0.627. The monoisotopic (exact) mass is 229 g/mol.